The normalized spacial score (nSPS) is 24.4. The van der Waals surface area contributed by atoms with Gasteiger partial charge in [0.2, 0.25) is 0 Å². The molecule has 1 aromatic heterocycles. The number of carbonyl (C=O) groups is 1. The summed E-state index contributed by atoms with van der Waals surface area (Å²) in [7, 11) is 0. The molecule has 0 aromatic carbocycles. The lowest BCUT2D eigenvalue weighted by Crippen LogP contribution is -2.38. The zero-order chi connectivity index (χ0) is 12.6. The number of amides is 1. The molecule has 1 aliphatic rings. The zero-order valence-electron chi connectivity index (χ0n) is 9.94. The van der Waals surface area contributed by atoms with Gasteiger partial charge >= 0.3 is 0 Å². The summed E-state index contributed by atoms with van der Waals surface area (Å²) in [6.45, 7) is 3.35. The molecule has 1 aliphatic heterocycles. The van der Waals surface area contributed by atoms with E-state index in [2.05, 4.69) is 0 Å². The highest BCUT2D eigenvalue weighted by Gasteiger charge is 2.36. The third-order valence-corrected chi connectivity index (χ3v) is 3.07. The summed E-state index contributed by atoms with van der Waals surface area (Å²) in [6.07, 6.45) is -0.867. The topological polar surface area (TPSA) is 53.7 Å². The molecule has 1 amide bonds. The molecule has 0 radical (unpaired) electrons. The first kappa shape index (κ1) is 12.1. The van der Waals surface area contributed by atoms with Crippen LogP contribution in [0.3, 0.4) is 0 Å². The lowest BCUT2D eigenvalue weighted by molar-refractivity contribution is 0.0639. The van der Waals surface area contributed by atoms with E-state index in [-0.39, 0.29) is 31.2 Å². The molecule has 4 nitrogen and oxygen atoms in total. The Bertz CT molecular complexity index is 429. The summed E-state index contributed by atoms with van der Waals surface area (Å²) in [5.41, 5.74) is 0.742. The number of likely N-dealkylation sites (tertiary alicyclic amines) is 1. The first-order chi connectivity index (χ1) is 8.02. The second-order valence-corrected chi connectivity index (χ2v) is 4.50. The number of alkyl halides is 1. The number of hydrogen-bond acceptors (Lipinski definition) is 3. The molecule has 2 atom stereocenters. The van der Waals surface area contributed by atoms with Gasteiger partial charge in [-0.25, -0.2) is 4.39 Å². The van der Waals surface area contributed by atoms with Gasteiger partial charge in [-0.1, -0.05) is 0 Å². The minimum atomic E-state index is -1.06. The Morgan fingerprint density at radius 2 is 2.35 bits per heavy atom. The van der Waals surface area contributed by atoms with Crippen molar-refractivity contribution in [2.45, 2.75) is 32.5 Å². The highest BCUT2D eigenvalue weighted by atomic mass is 19.1. The van der Waals surface area contributed by atoms with Crippen LogP contribution >= 0.6 is 0 Å². The van der Waals surface area contributed by atoms with Crippen molar-refractivity contribution in [3.63, 3.8) is 0 Å². The van der Waals surface area contributed by atoms with Crippen LogP contribution in [0.2, 0.25) is 0 Å². The number of nitrogens with zero attached hydrogens (tertiary/aromatic N) is 1. The van der Waals surface area contributed by atoms with Gasteiger partial charge < -0.3 is 14.4 Å². The molecule has 2 heterocycles. The molecule has 5 heteroatoms. The monoisotopic (exact) mass is 241 g/mol. The van der Waals surface area contributed by atoms with Crippen LogP contribution in [0.5, 0.6) is 0 Å². The van der Waals surface area contributed by atoms with Crippen LogP contribution in [0.1, 0.15) is 28.3 Å². The average molecular weight is 241 g/mol. The standard InChI is InChI=1S/C12H16FNO3/c1-7-3-8(2)17-11(7)12(16)14-5-9(13)4-10(14)6-15/h3,9-10,15H,4-6H2,1-2H3/t9-,10-/m0/s1. The Labute approximate surface area is 99.0 Å². The number of furan rings is 1. The van der Waals surface area contributed by atoms with Gasteiger partial charge in [-0.3, -0.25) is 4.79 Å². The lowest BCUT2D eigenvalue weighted by Gasteiger charge is -2.21. The molecule has 1 aromatic rings. The Morgan fingerprint density at radius 3 is 2.88 bits per heavy atom. The van der Waals surface area contributed by atoms with E-state index >= 15 is 0 Å². The Kier molecular flexibility index (Phi) is 3.19. The maximum Gasteiger partial charge on any atom is 0.290 e. The molecule has 0 unspecified atom stereocenters. The SMILES string of the molecule is Cc1cc(C)c(C(=O)N2C[C@@H](F)C[C@H]2CO)o1. The molecule has 0 saturated carbocycles. The van der Waals surface area contributed by atoms with E-state index < -0.39 is 12.2 Å². The number of rotatable bonds is 2. The van der Waals surface area contributed by atoms with Crippen LogP contribution in [-0.4, -0.2) is 41.3 Å². The number of carbonyl (C=O) groups excluding carboxylic acids is 1. The summed E-state index contributed by atoms with van der Waals surface area (Å²) in [5.74, 6) is 0.562. The van der Waals surface area contributed by atoms with Crippen LogP contribution in [0.25, 0.3) is 0 Å². The van der Waals surface area contributed by atoms with Crippen LogP contribution in [0.4, 0.5) is 4.39 Å². The predicted octanol–water partition coefficient (Wildman–Crippen LogP) is 1.44. The van der Waals surface area contributed by atoms with Crippen molar-refractivity contribution >= 4 is 5.91 Å². The quantitative estimate of drug-likeness (QED) is 0.852. The largest absolute Gasteiger partial charge is 0.456 e. The predicted molar refractivity (Wildman–Crippen MR) is 59.6 cm³/mol. The summed E-state index contributed by atoms with van der Waals surface area (Å²) < 4.78 is 18.6. The second-order valence-electron chi connectivity index (χ2n) is 4.50. The van der Waals surface area contributed by atoms with Crippen molar-refractivity contribution in [3.05, 3.63) is 23.2 Å². The summed E-state index contributed by atoms with van der Waals surface area (Å²) in [5, 5.41) is 9.13. The van der Waals surface area contributed by atoms with Crippen LogP contribution in [-0.2, 0) is 0 Å². The Balaban J connectivity index is 2.22. The molecule has 17 heavy (non-hydrogen) atoms. The molecule has 94 valence electrons. The van der Waals surface area contributed by atoms with E-state index in [0.29, 0.717) is 5.76 Å². The van der Waals surface area contributed by atoms with E-state index in [4.69, 9.17) is 9.52 Å². The fourth-order valence-electron chi connectivity index (χ4n) is 2.27. The van der Waals surface area contributed by atoms with Crippen LogP contribution in [0.15, 0.2) is 10.5 Å². The third kappa shape index (κ3) is 2.20. The Morgan fingerprint density at radius 1 is 1.65 bits per heavy atom. The molecule has 1 fully saturated rings. The van der Waals surface area contributed by atoms with Gasteiger partial charge in [-0.05, 0) is 19.9 Å². The average Bonchev–Trinajstić information content (AvgIpc) is 2.80. The smallest absolute Gasteiger partial charge is 0.290 e. The summed E-state index contributed by atoms with van der Waals surface area (Å²) in [4.78, 5) is 13.5. The highest BCUT2D eigenvalue weighted by molar-refractivity contribution is 5.93. The van der Waals surface area contributed by atoms with Crippen molar-refractivity contribution in [1.29, 1.82) is 0 Å². The van der Waals surface area contributed by atoms with Crippen LogP contribution < -0.4 is 0 Å². The minimum Gasteiger partial charge on any atom is -0.456 e. The van der Waals surface area contributed by atoms with E-state index in [9.17, 15) is 9.18 Å². The van der Waals surface area contributed by atoms with Gasteiger partial charge in [-0.15, -0.1) is 0 Å². The lowest BCUT2D eigenvalue weighted by atomic mass is 10.2. The fraction of sp³-hybridized carbons (Fsp3) is 0.583. The molecule has 0 spiro atoms. The summed E-state index contributed by atoms with van der Waals surface area (Å²) in [6, 6.07) is 1.33. The fourth-order valence-corrected chi connectivity index (χ4v) is 2.27. The number of hydrogen-bond donors (Lipinski definition) is 1. The van der Waals surface area contributed by atoms with Crippen molar-refractivity contribution in [3.8, 4) is 0 Å². The molecular formula is C12H16FNO3. The summed E-state index contributed by atoms with van der Waals surface area (Å²) >= 11 is 0. The molecule has 1 N–H and O–H groups in total. The molecular weight excluding hydrogens is 225 g/mol. The van der Waals surface area contributed by atoms with Gasteiger partial charge in [0.15, 0.2) is 5.76 Å². The number of aryl methyl sites for hydroxylation is 2. The maximum atomic E-state index is 13.3. The van der Waals surface area contributed by atoms with Gasteiger partial charge in [0, 0.05) is 12.0 Å². The maximum absolute atomic E-state index is 13.3. The first-order valence-corrected chi connectivity index (χ1v) is 5.66. The van der Waals surface area contributed by atoms with Crippen molar-refractivity contribution in [2.75, 3.05) is 13.2 Å². The Hall–Kier alpha value is -1.36. The molecule has 2 rings (SSSR count). The van der Waals surface area contributed by atoms with Crippen LogP contribution in [0, 0.1) is 13.8 Å². The van der Waals surface area contributed by atoms with Gasteiger partial charge in [0.25, 0.3) is 5.91 Å². The highest BCUT2D eigenvalue weighted by Crippen LogP contribution is 2.24. The van der Waals surface area contributed by atoms with Gasteiger partial charge in [0.1, 0.15) is 11.9 Å². The van der Waals surface area contributed by atoms with E-state index in [1.165, 1.54) is 4.90 Å². The third-order valence-electron chi connectivity index (χ3n) is 3.07. The number of aliphatic hydroxyl groups excluding tert-OH is 1. The number of halogens is 1. The molecule has 1 saturated heterocycles. The van der Waals surface area contributed by atoms with Gasteiger partial charge in [0.05, 0.1) is 19.2 Å². The van der Waals surface area contributed by atoms with Gasteiger partial charge in [-0.2, -0.15) is 0 Å². The van der Waals surface area contributed by atoms with Crippen molar-refractivity contribution < 1.29 is 18.7 Å². The van der Waals surface area contributed by atoms with Crippen molar-refractivity contribution in [1.82, 2.24) is 4.90 Å². The van der Waals surface area contributed by atoms with E-state index in [1.54, 1.807) is 19.9 Å². The minimum absolute atomic E-state index is 0.0310. The van der Waals surface area contributed by atoms with E-state index in [0.717, 1.165) is 5.56 Å². The van der Waals surface area contributed by atoms with Crippen molar-refractivity contribution in [2.24, 2.45) is 0 Å². The second kappa shape index (κ2) is 4.49. The number of aliphatic hydroxyl groups is 1. The first-order valence-electron chi connectivity index (χ1n) is 5.66. The molecule has 0 aliphatic carbocycles. The molecule has 0 bridgehead atoms. The zero-order valence-corrected chi connectivity index (χ0v) is 9.94. The van der Waals surface area contributed by atoms with E-state index in [1.807, 2.05) is 0 Å².